The molecule has 0 radical (unpaired) electrons. The molecule has 1 aliphatic carbocycles. The number of amides is 2. The largest absolute Gasteiger partial charge is 0.371 e. The Bertz CT molecular complexity index is 1030. The number of nitrogens with zero attached hydrogens (tertiary/aromatic N) is 3. The van der Waals surface area contributed by atoms with Crippen LogP contribution in [0.25, 0.3) is 0 Å². The number of hydrogen-bond acceptors (Lipinski definition) is 4. The van der Waals surface area contributed by atoms with Crippen molar-refractivity contribution in [2.45, 2.75) is 51.0 Å². The average molecular weight is 475 g/mol. The molecule has 1 atom stereocenters. The summed E-state index contributed by atoms with van der Waals surface area (Å²) in [6.07, 6.45) is 7.55. The van der Waals surface area contributed by atoms with Crippen LogP contribution in [0.5, 0.6) is 0 Å². The fraction of sp³-hybridized carbons (Fsp3) is 0.517. The van der Waals surface area contributed by atoms with E-state index in [0.717, 1.165) is 81.8 Å². The third kappa shape index (κ3) is 5.87. The number of carbonyl (C=O) groups excluding carboxylic acids is 2. The van der Waals surface area contributed by atoms with Crippen molar-refractivity contribution in [3.8, 4) is 0 Å². The molecule has 2 aromatic rings. The Morgan fingerprint density at radius 2 is 1.66 bits per heavy atom. The molecule has 0 aromatic heterocycles. The van der Waals surface area contributed by atoms with Crippen LogP contribution in [0.15, 0.2) is 48.5 Å². The van der Waals surface area contributed by atoms with Gasteiger partial charge in [0.1, 0.15) is 0 Å². The Hall–Kier alpha value is -2.86. The number of piperazine rings is 1. The van der Waals surface area contributed by atoms with Gasteiger partial charge in [-0.25, -0.2) is 0 Å². The summed E-state index contributed by atoms with van der Waals surface area (Å²) in [5.74, 6) is 0.369. The first kappa shape index (κ1) is 23.9. The van der Waals surface area contributed by atoms with Crippen molar-refractivity contribution in [1.29, 1.82) is 0 Å². The molecule has 2 saturated heterocycles. The van der Waals surface area contributed by atoms with Gasteiger partial charge in [-0.2, -0.15) is 0 Å². The lowest BCUT2D eigenvalue weighted by Crippen LogP contribution is -2.55. The minimum atomic E-state index is 0.105. The second-order valence-corrected chi connectivity index (χ2v) is 10.5. The van der Waals surface area contributed by atoms with Crippen molar-refractivity contribution in [3.63, 3.8) is 0 Å². The van der Waals surface area contributed by atoms with E-state index in [1.165, 1.54) is 18.4 Å². The highest BCUT2D eigenvalue weighted by atomic mass is 16.2. The third-order valence-electron chi connectivity index (χ3n) is 7.65. The highest BCUT2D eigenvalue weighted by Crippen LogP contribution is 2.33. The minimum absolute atomic E-state index is 0.105. The molecule has 2 aliphatic heterocycles. The van der Waals surface area contributed by atoms with Crippen LogP contribution in [0, 0.1) is 5.92 Å². The lowest BCUT2D eigenvalue weighted by Gasteiger charge is -2.41. The fourth-order valence-corrected chi connectivity index (χ4v) is 5.45. The van der Waals surface area contributed by atoms with Crippen LogP contribution in [-0.2, 0) is 11.2 Å². The SMILES string of the molecule is CN1CCN(C(=O)c2ccc(NC(=O)C3CC3)cc2N2CCCCCC2)C(Cc2ccccc2)C1. The van der Waals surface area contributed by atoms with Gasteiger partial charge in [0.05, 0.1) is 11.3 Å². The Kier molecular flexibility index (Phi) is 7.37. The van der Waals surface area contributed by atoms with Gasteiger partial charge in [-0.1, -0.05) is 43.2 Å². The van der Waals surface area contributed by atoms with Gasteiger partial charge in [-0.15, -0.1) is 0 Å². The summed E-state index contributed by atoms with van der Waals surface area (Å²) in [5.41, 5.74) is 3.80. The molecule has 1 saturated carbocycles. The number of hydrogen-bond donors (Lipinski definition) is 1. The van der Waals surface area contributed by atoms with E-state index in [1.54, 1.807) is 0 Å². The Morgan fingerprint density at radius 3 is 2.37 bits per heavy atom. The van der Waals surface area contributed by atoms with E-state index in [4.69, 9.17) is 0 Å². The van der Waals surface area contributed by atoms with Crippen molar-refractivity contribution in [2.24, 2.45) is 5.92 Å². The summed E-state index contributed by atoms with van der Waals surface area (Å²) >= 11 is 0. The van der Waals surface area contributed by atoms with E-state index in [9.17, 15) is 9.59 Å². The Balaban J connectivity index is 1.43. The van der Waals surface area contributed by atoms with E-state index in [0.29, 0.717) is 0 Å². The second kappa shape index (κ2) is 10.8. The molecule has 35 heavy (non-hydrogen) atoms. The zero-order valence-electron chi connectivity index (χ0n) is 20.9. The summed E-state index contributed by atoms with van der Waals surface area (Å²) in [7, 11) is 2.14. The number of carbonyl (C=O) groups is 2. The molecule has 2 amide bonds. The number of rotatable bonds is 6. The molecule has 0 spiro atoms. The quantitative estimate of drug-likeness (QED) is 0.674. The van der Waals surface area contributed by atoms with Crippen LogP contribution >= 0.6 is 0 Å². The lowest BCUT2D eigenvalue weighted by molar-refractivity contribution is -0.117. The van der Waals surface area contributed by atoms with Crippen LogP contribution < -0.4 is 10.2 Å². The molecule has 186 valence electrons. The van der Waals surface area contributed by atoms with E-state index < -0.39 is 0 Å². The molecule has 3 aliphatic rings. The molecular weight excluding hydrogens is 436 g/mol. The highest BCUT2D eigenvalue weighted by Gasteiger charge is 2.33. The smallest absolute Gasteiger partial charge is 0.256 e. The predicted molar refractivity (Wildman–Crippen MR) is 141 cm³/mol. The first-order valence-corrected chi connectivity index (χ1v) is 13.3. The maximum absolute atomic E-state index is 14.1. The molecular formula is C29H38N4O2. The molecule has 5 rings (SSSR count). The highest BCUT2D eigenvalue weighted by molar-refractivity contribution is 6.02. The number of benzene rings is 2. The standard InChI is InChI=1S/C29H38N4O2/c1-31-17-18-33(25(21-31)19-22-9-5-4-6-10-22)29(35)26-14-13-24(30-28(34)23-11-12-23)20-27(26)32-15-7-2-3-8-16-32/h4-6,9-10,13-14,20,23,25H,2-3,7-8,11-12,15-19,21H2,1H3,(H,30,34). The van der Waals surface area contributed by atoms with E-state index in [1.807, 2.05) is 24.3 Å². The zero-order chi connectivity index (χ0) is 24.2. The molecule has 3 fully saturated rings. The molecule has 6 heteroatoms. The Morgan fingerprint density at radius 1 is 0.914 bits per heavy atom. The lowest BCUT2D eigenvalue weighted by atomic mass is 10.00. The van der Waals surface area contributed by atoms with Crippen LogP contribution in [0.3, 0.4) is 0 Å². The van der Waals surface area contributed by atoms with Crippen molar-refractivity contribution >= 4 is 23.2 Å². The molecule has 2 aromatic carbocycles. The number of nitrogens with one attached hydrogen (secondary N) is 1. The third-order valence-corrected chi connectivity index (χ3v) is 7.65. The van der Waals surface area contributed by atoms with Gasteiger partial charge in [0.2, 0.25) is 5.91 Å². The van der Waals surface area contributed by atoms with Crippen molar-refractivity contribution in [1.82, 2.24) is 9.80 Å². The van der Waals surface area contributed by atoms with Gasteiger partial charge in [0.15, 0.2) is 0 Å². The number of likely N-dealkylation sites (N-methyl/N-ethyl adjacent to an activating group) is 1. The van der Waals surface area contributed by atoms with Crippen molar-refractivity contribution in [2.75, 3.05) is 50.0 Å². The van der Waals surface area contributed by atoms with Crippen LogP contribution in [0.4, 0.5) is 11.4 Å². The maximum atomic E-state index is 14.1. The minimum Gasteiger partial charge on any atom is -0.371 e. The maximum Gasteiger partial charge on any atom is 0.256 e. The van der Waals surface area contributed by atoms with E-state index in [-0.39, 0.29) is 23.8 Å². The average Bonchev–Trinajstić information content (AvgIpc) is 3.72. The van der Waals surface area contributed by atoms with Gasteiger partial charge in [-0.3, -0.25) is 9.59 Å². The van der Waals surface area contributed by atoms with Crippen LogP contribution in [0.1, 0.15) is 54.4 Å². The van der Waals surface area contributed by atoms with Gasteiger partial charge in [-0.05, 0) is 62.9 Å². The molecule has 6 nitrogen and oxygen atoms in total. The van der Waals surface area contributed by atoms with Gasteiger partial charge >= 0.3 is 0 Å². The zero-order valence-corrected chi connectivity index (χ0v) is 20.9. The molecule has 1 N–H and O–H groups in total. The summed E-state index contributed by atoms with van der Waals surface area (Å²) in [4.78, 5) is 33.3. The van der Waals surface area contributed by atoms with Crippen molar-refractivity contribution < 1.29 is 9.59 Å². The monoisotopic (exact) mass is 474 g/mol. The molecule has 1 unspecified atom stereocenters. The van der Waals surface area contributed by atoms with Gasteiger partial charge in [0, 0.05) is 50.4 Å². The summed E-state index contributed by atoms with van der Waals surface area (Å²) in [6.45, 7) is 4.39. The fourth-order valence-electron chi connectivity index (χ4n) is 5.45. The van der Waals surface area contributed by atoms with E-state index in [2.05, 4.69) is 51.3 Å². The summed E-state index contributed by atoms with van der Waals surface area (Å²) in [6, 6.07) is 16.5. The second-order valence-electron chi connectivity index (χ2n) is 10.5. The van der Waals surface area contributed by atoms with Gasteiger partial charge in [0.25, 0.3) is 5.91 Å². The normalized spacial score (nSPS) is 21.5. The van der Waals surface area contributed by atoms with Crippen LogP contribution in [-0.4, -0.2) is 67.4 Å². The first-order valence-electron chi connectivity index (χ1n) is 13.3. The molecule has 2 heterocycles. The van der Waals surface area contributed by atoms with Crippen molar-refractivity contribution in [3.05, 3.63) is 59.7 Å². The number of anilines is 2. The Labute approximate surface area is 209 Å². The van der Waals surface area contributed by atoms with Crippen LogP contribution in [0.2, 0.25) is 0 Å². The predicted octanol–water partition coefficient (Wildman–Crippen LogP) is 4.41. The van der Waals surface area contributed by atoms with Gasteiger partial charge < -0.3 is 20.0 Å². The summed E-state index contributed by atoms with van der Waals surface area (Å²) < 4.78 is 0. The van der Waals surface area contributed by atoms with E-state index >= 15 is 0 Å². The topological polar surface area (TPSA) is 55.9 Å². The first-order chi connectivity index (χ1) is 17.1. The summed E-state index contributed by atoms with van der Waals surface area (Å²) in [5, 5.41) is 3.09. The molecule has 0 bridgehead atoms.